The molecule has 0 atom stereocenters. The Hall–Kier alpha value is -0.750. The molecule has 2 N–H and O–H groups in total. The summed E-state index contributed by atoms with van der Waals surface area (Å²) in [7, 11) is 0. The monoisotopic (exact) mass is 271 g/mol. The van der Waals surface area contributed by atoms with Crippen LogP contribution in [-0.4, -0.2) is 48.2 Å². The molecule has 2 aliphatic rings. The van der Waals surface area contributed by atoms with Gasteiger partial charge in [0.2, 0.25) is 5.91 Å². The molecule has 2 fully saturated rings. The van der Waals surface area contributed by atoms with Crippen LogP contribution in [0.25, 0.3) is 0 Å². The first-order chi connectivity index (χ1) is 8.60. The number of amidine groups is 1. The quantitative estimate of drug-likeness (QED) is 0.795. The number of rotatable bonds is 3. The molecule has 0 bridgehead atoms. The van der Waals surface area contributed by atoms with E-state index in [9.17, 15) is 4.79 Å². The van der Waals surface area contributed by atoms with E-state index in [-0.39, 0.29) is 24.0 Å². The molecule has 0 aromatic heterocycles. The van der Waals surface area contributed by atoms with Crippen molar-refractivity contribution in [1.29, 1.82) is 0 Å². The second kappa shape index (κ2) is 5.93. The summed E-state index contributed by atoms with van der Waals surface area (Å²) in [5.74, 6) is 1.01. The zero-order valence-corrected chi connectivity index (χ0v) is 11.8. The van der Waals surface area contributed by atoms with Crippen molar-refractivity contribution in [3.63, 3.8) is 0 Å². The highest BCUT2D eigenvalue weighted by atomic mass is 32.2. The van der Waals surface area contributed by atoms with Gasteiger partial charge in [0.05, 0.1) is 5.54 Å². The minimum Gasteiger partial charge on any atom is -0.381 e. The Balaban J connectivity index is 1.82. The summed E-state index contributed by atoms with van der Waals surface area (Å²) >= 11 is 1.71. The van der Waals surface area contributed by atoms with Crippen molar-refractivity contribution in [1.82, 2.24) is 10.6 Å². The third-order valence-electron chi connectivity index (χ3n) is 3.12. The van der Waals surface area contributed by atoms with Gasteiger partial charge in [-0.05, 0) is 26.7 Å². The van der Waals surface area contributed by atoms with Crippen LogP contribution in [0.4, 0.5) is 0 Å². The summed E-state index contributed by atoms with van der Waals surface area (Å²) in [6, 6.07) is 0.170. The molecule has 18 heavy (non-hydrogen) atoms. The number of carbonyl (C=O) groups is 1. The van der Waals surface area contributed by atoms with Gasteiger partial charge < -0.3 is 15.4 Å². The number of thioether (sulfide) groups is 1. The van der Waals surface area contributed by atoms with Crippen LogP contribution in [0.1, 0.15) is 26.7 Å². The Morgan fingerprint density at radius 2 is 2.28 bits per heavy atom. The van der Waals surface area contributed by atoms with E-state index in [1.807, 2.05) is 13.8 Å². The minimum absolute atomic E-state index is 0.0205. The number of aliphatic imine (C=N–C) groups is 1. The van der Waals surface area contributed by atoms with Crippen molar-refractivity contribution in [3.8, 4) is 0 Å². The third kappa shape index (κ3) is 3.62. The van der Waals surface area contributed by atoms with Crippen LogP contribution in [-0.2, 0) is 9.53 Å². The molecule has 0 aromatic rings. The number of ether oxygens (including phenoxy) is 1. The summed E-state index contributed by atoms with van der Waals surface area (Å²) in [5, 5.41) is 7.20. The van der Waals surface area contributed by atoms with E-state index in [0.29, 0.717) is 0 Å². The van der Waals surface area contributed by atoms with Crippen molar-refractivity contribution < 1.29 is 9.53 Å². The van der Waals surface area contributed by atoms with Crippen LogP contribution in [0.5, 0.6) is 0 Å². The third-order valence-corrected chi connectivity index (χ3v) is 4.32. The van der Waals surface area contributed by atoms with Crippen molar-refractivity contribution in [2.75, 3.05) is 25.5 Å². The lowest BCUT2D eigenvalue weighted by molar-refractivity contribution is -0.120. The van der Waals surface area contributed by atoms with E-state index in [0.717, 1.165) is 37.0 Å². The van der Waals surface area contributed by atoms with E-state index in [1.54, 1.807) is 11.8 Å². The first kappa shape index (κ1) is 13.7. The first-order valence-corrected chi connectivity index (χ1v) is 7.41. The fourth-order valence-electron chi connectivity index (χ4n) is 2.13. The predicted molar refractivity (Wildman–Crippen MR) is 74.0 cm³/mol. The lowest BCUT2D eigenvalue weighted by atomic mass is 9.93. The van der Waals surface area contributed by atoms with Crippen LogP contribution >= 0.6 is 11.8 Å². The van der Waals surface area contributed by atoms with E-state index in [1.165, 1.54) is 0 Å². The Kier molecular flexibility index (Phi) is 4.50. The summed E-state index contributed by atoms with van der Waals surface area (Å²) in [5.41, 5.74) is 0.149. The van der Waals surface area contributed by atoms with E-state index < -0.39 is 0 Å². The molecular weight excluding hydrogens is 250 g/mol. The smallest absolute Gasteiger partial charge is 0.241 e. The Bertz CT molecular complexity index is 338. The van der Waals surface area contributed by atoms with Gasteiger partial charge in [0.15, 0.2) is 5.17 Å². The van der Waals surface area contributed by atoms with Crippen molar-refractivity contribution in [3.05, 3.63) is 0 Å². The number of carbonyl (C=O) groups excluding carboxylic acids is 1. The highest BCUT2D eigenvalue weighted by molar-refractivity contribution is 8.14. The molecule has 2 rings (SSSR count). The first-order valence-electron chi connectivity index (χ1n) is 6.42. The number of amides is 1. The molecule has 2 heterocycles. The predicted octanol–water partition coefficient (Wildman–Crippen LogP) is 0.753. The number of hydrogen-bond donors (Lipinski definition) is 2. The molecule has 0 unspecified atom stereocenters. The molecule has 5 nitrogen and oxygen atoms in total. The molecule has 1 spiro atoms. The number of nitrogens with one attached hydrogen (secondary N) is 2. The van der Waals surface area contributed by atoms with Gasteiger partial charge in [-0.25, -0.2) is 0 Å². The lowest BCUT2D eigenvalue weighted by Gasteiger charge is -2.32. The van der Waals surface area contributed by atoms with Gasteiger partial charge >= 0.3 is 0 Å². The van der Waals surface area contributed by atoms with Gasteiger partial charge in [-0.3, -0.25) is 9.79 Å². The van der Waals surface area contributed by atoms with Crippen molar-refractivity contribution in [2.24, 2.45) is 4.99 Å². The molecule has 0 radical (unpaired) electrons. The van der Waals surface area contributed by atoms with Gasteiger partial charge in [-0.2, -0.15) is 0 Å². The number of hydrogen-bond acceptors (Lipinski definition) is 4. The average molecular weight is 271 g/mol. The van der Waals surface area contributed by atoms with Gasteiger partial charge in [0.1, 0.15) is 6.54 Å². The fraction of sp³-hybridized carbons (Fsp3) is 0.833. The van der Waals surface area contributed by atoms with E-state index in [4.69, 9.17) is 4.74 Å². The van der Waals surface area contributed by atoms with Crippen LogP contribution in [0.2, 0.25) is 0 Å². The molecule has 2 saturated heterocycles. The maximum atomic E-state index is 11.5. The van der Waals surface area contributed by atoms with Crippen molar-refractivity contribution in [2.45, 2.75) is 38.3 Å². The Labute approximate surface area is 112 Å². The normalized spacial score (nSPS) is 24.5. The van der Waals surface area contributed by atoms with Crippen molar-refractivity contribution >= 4 is 22.8 Å². The highest BCUT2D eigenvalue weighted by Crippen LogP contribution is 2.31. The zero-order valence-electron chi connectivity index (χ0n) is 11.0. The van der Waals surface area contributed by atoms with Gasteiger partial charge in [-0.1, -0.05) is 11.8 Å². The minimum atomic E-state index is -0.0205. The number of nitrogens with zero attached hydrogens (tertiary/aromatic N) is 1. The largest absolute Gasteiger partial charge is 0.381 e. The molecular formula is C12H21N3O2S. The van der Waals surface area contributed by atoms with Gasteiger partial charge in [0, 0.05) is 25.0 Å². The molecule has 2 aliphatic heterocycles. The Morgan fingerprint density at radius 3 is 2.94 bits per heavy atom. The molecule has 0 aromatic carbocycles. The fourth-order valence-corrected chi connectivity index (χ4v) is 3.35. The van der Waals surface area contributed by atoms with Gasteiger partial charge in [0.25, 0.3) is 0 Å². The molecule has 6 heteroatoms. The second-order valence-electron chi connectivity index (χ2n) is 5.15. The maximum Gasteiger partial charge on any atom is 0.241 e. The molecule has 0 aliphatic carbocycles. The van der Waals surface area contributed by atoms with Crippen LogP contribution in [0.15, 0.2) is 4.99 Å². The van der Waals surface area contributed by atoms with Gasteiger partial charge in [-0.15, -0.1) is 0 Å². The highest BCUT2D eigenvalue weighted by Gasteiger charge is 2.38. The zero-order chi connectivity index (χ0) is 13.0. The molecule has 102 valence electrons. The SMILES string of the molecule is CC(C)NC(=O)CN=C1NC2(CCOCC2)CS1. The maximum absolute atomic E-state index is 11.5. The van der Waals surface area contributed by atoms with Crippen LogP contribution < -0.4 is 10.6 Å². The second-order valence-corrected chi connectivity index (χ2v) is 6.11. The average Bonchev–Trinajstić information content (AvgIpc) is 2.70. The van der Waals surface area contributed by atoms with E-state index >= 15 is 0 Å². The summed E-state index contributed by atoms with van der Waals surface area (Å²) in [6.07, 6.45) is 2.05. The standard InChI is InChI=1S/C12H21N3O2S/c1-9(2)14-10(16)7-13-11-15-12(8-18-11)3-5-17-6-4-12/h9H,3-8H2,1-2H3,(H,13,15)(H,14,16). The molecule has 1 amide bonds. The van der Waals surface area contributed by atoms with Crippen LogP contribution in [0, 0.1) is 0 Å². The Morgan fingerprint density at radius 1 is 1.56 bits per heavy atom. The molecule has 0 saturated carbocycles. The summed E-state index contributed by atoms with van der Waals surface area (Å²) < 4.78 is 5.38. The summed E-state index contributed by atoms with van der Waals surface area (Å²) in [6.45, 7) is 5.73. The van der Waals surface area contributed by atoms with E-state index in [2.05, 4.69) is 15.6 Å². The summed E-state index contributed by atoms with van der Waals surface area (Å²) in [4.78, 5) is 15.8. The topological polar surface area (TPSA) is 62.7 Å². The lowest BCUT2D eigenvalue weighted by Crippen LogP contribution is -2.48. The van der Waals surface area contributed by atoms with Crippen LogP contribution in [0.3, 0.4) is 0 Å².